The van der Waals surface area contributed by atoms with E-state index in [2.05, 4.69) is 23.7 Å². The zero-order chi connectivity index (χ0) is 9.42. The molecule has 2 fully saturated rings. The van der Waals surface area contributed by atoms with Crippen LogP contribution in [-0.4, -0.2) is 36.5 Å². The van der Waals surface area contributed by atoms with Crippen LogP contribution in [0.25, 0.3) is 0 Å². The first-order valence-corrected chi connectivity index (χ1v) is 4.91. The van der Waals surface area contributed by atoms with Gasteiger partial charge < -0.3 is 10.2 Å². The van der Waals surface area contributed by atoms with Gasteiger partial charge in [-0.05, 0) is 24.5 Å². The average molecular weight is 182 g/mol. The number of amides is 1. The molecule has 3 heteroatoms. The monoisotopic (exact) mass is 182 g/mol. The van der Waals surface area contributed by atoms with Gasteiger partial charge in [0.15, 0.2) is 0 Å². The molecule has 0 radical (unpaired) electrons. The summed E-state index contributed by atoms with van der Waals surface area (Å²) in [5.41, 5.74) is 0. The van der Waals surface area contributed by atoms with Crippen molar-refractivity contribution in [2.75, 3.05) is 19.6 Å². The Balaban J connectivity index is 0.000000980. The minimum atomic E-state index is -0.0255. The number of hydrogen-bond acceptors (Lipinski definition) is 2. The number of fused-ring (bicyclic) bond motifs is 1. The van der Waals surface area contributed by atoms with Crippen LogP contribution in [0.4, 0.5) is 0 Å². The maximum absolute atomic E-state index is 11.0. The van der Waals surface area contributed by atoms with Crippen LogP contribution in [0.5, 0.6) is 0 Å². The molecular formula is C10H18N2O. The molecule has 0 spiro atoms. The Labute approximate surface area is 80.3 Å². The summed E-state index contributed by atoms with van der Waals surface area (Å²) >= 11 is 0. The van der Waals surface area contributed by atoms with E-state index in [9.17, 15) is 4.79 Å². The van der Waals surface area contributed by atoms with E-state index in [1.807, 2.05) is 0 Å². The lowest BCUT2D eigenvalue weighted by Gasteiger charge is -2.16. The molecule has 0 aromatic carbocycles. The smallest absolute Gasteiger partial charge is 0.243 e. The fraction of sp³-hybridized carbons (Fsp3) is 0.700. The Kier molecular flexibility index (Phi) is 2.12. The van der Waals surface area contributed by atoms with Crippen molar-refractivity contribution in [2.45, 2.75) is 13.0 Å². The fourth-order valence-corrected chi connectivity index (χ4v) is 2.31. The van der Waals surface area contributed by atoms with Crippen LogP contribution >= 0.6 is 0 Å². The lowest BCUT2D eigenvalue weighted by Crippen LogP contribution is -2.33. The van der Waals surface area contributed by atoms with Gasteiger partial charge in [0.25, 0.3) is 0 Å². The molecule has 1 amide bonds. The van der Waals surface area contributed by atoms with Gasteiger partial charge in [-0.2, -0.15) is 0 Å². The predicted octanol–water partition coefficient (Wildman–Crippen LogP) is 0.485. The predicted molar refractivity (Wildman–Crippen MR) is 53.3 cm³/mol. The van der Waals surface area contributed by atoms with Crippen molar-refractivity contribution < 1.29 is 6.22 Å². The summed E-state index contributed by atoms with van der Waals surface area (Å²) in [7, 11) is 0. The quantitative estimate of drug-likeness (QED) is 0.644. The van der Waals surface area contributed by atoms with Crippen molar-refractivity contribution in [2.24, 2.45) is 11.8 Å². The number of nitrogens with zero attached hydrogens (tertiary/aromatic N) is 1. The summed E-state index contributed by atoms with van der Waals surface area (Å²) in [6, 6.07) is 0.438. The molecule has 1 saturated carbocycles. The molecule has 2 rings (SSSR count). The van der Waals surface area contributed by atoms with E-state index in [4.69, 9.17) is 0 Å². The SMILES string of the molecule is C=CC(=O)NC1C2CN(CC)CC21.[HH]. The molecule has 2 unspecified atom stereocenters. The zero-order valence-corrected chi connectivity index (χ0v) is 7.99. The maximum Gasteiger partial charge on any atom is 0.243 e. The first kappa shape index (κ1) is 8.75. The second-order valence-electron chi connectivity index (χ2n) is 3.92. The number of likely N-dealkylation sites (tertiary alicyclic amines) is 1. The van der Waals surface area contributed by atoms with Crippen molar-refractivity contribution in [3.63, 3.8) is 0 Å². The Hall–Kier alpha value is -0.830. The normalized spacial score (nSPS) is 36.8. The van der Waals surface area contributed by atoms with Crippen LogP contribution in [0, 0.1) is 11.8 Å². The molecule has 13 heavy (non-hydrogen) atoms. The average Bonchev–Trinajstić information content (AvgIpc) is 2.64. The molecule has 2 aliphatic rings. The molecule has 1 saturated heterocycles. The van der Waals surface area contributed by atoms with Gasteiger partial charge in [0.05, 0.1) is 0 Å². The Morgan fingerprint density at radius 2 is 2.31 bits per heavy atom. The summed E-state index contributed by atoms with van der Waals surface area (Å²) in [4.78, 5) is 13.4. The number of carbonyl (C=O) groups is 1. The van der Waals surface area contributed by atoms with Gasteiger partial charge in [-0.15, -0.1) is 0 Å². The number of nitrogens with one attached hydrogen (secondary N) is 1. The standard InChI is InChI=1S/C10H16N2O.H2/c1-3-9(13)11-10-7-5-12(4-2)6-8(7)10;/h3,7-8,10H,1,4-6H2,2H3,(H,11,13);1H. The highest BCUT2D eigenvalue weighted by atomic mass is 16.1. The van der Waals surface area contributed by atoms with Crippen LogP contribution in [0.2, 0.25) is 0 Å². The Morgan fingerprint density at radius 3 is 2.77 bits per heavy atom. The van der Waals surface area contributed by atoms with Crippen LogP contribution in [0.15, 0.2) is 12.7 Å². The van der Waals surface area contributed by atoms with Gasteiger partial charge in [0.1, 0.15) is 0 Å². The molecule has 1 N–H and O–H groups in total. The van der Waals surface area contributed by atoms with Crippen LogP contribution in [-0.2, 0) is 4.79 Å². The number of piperidine rings is 1. The van der Waals surface area contributed by atoms with Gasteiger partial charge in [-0.3, -0.25) is 4.79 Å². The van der Waals surface area contributed by atoms with Crippen LogP contribution in [0.3, 0.4) is 0 Å². The van der Waals surface area contributed by atoms with Crippen molar-refractivity contribution in [3.8, 4) is 0 Å². The molecule has 1 aliphatic heterocycles. The van der Waals surface area contributed by atoms with E-state index in [-0.39, 0.29) is 7.33 Å². The lowest BCUT2D eigenvalue weighted by atomic mass is 10.3. The van der Waals surface area contributed by atoms with E-state index in [1.54, 1.807) is 0 Å². The van der Waals surface area contributed by atoms with E-state index in [1.165, 1.54) is 6.08 Å². The topological polar surface area (TPSA) is 32.3 Å². The largest absolute Gasteiger partial charge is 0.349 e. The summed E-state index contributed by atoms with van der Waals surface area (Å²) < 4.78 is 0. The van der Waals surface area contributed by atoms with Crippen molar-refractivity contribution in [1.29, 1.82) is 0 Å². The summed E-state index contributed by atoms with van der Waals surface area (Å²) in [5, 5.41) is 2.97. The molecule has 0 aromatic rings. The molecule has 3 nitrogen and oxygen atoms in total. The van der Waals surface area contributed by atoms with Gasteiger partial charge in [0.2, 0.25) is 5.91 Å². The number of carbonyl (C=O) groups excluding carboxylic acids is 1. The number of rotatable bonds is 3. The first-order chi connectivity index (χ1) is 6.26. The second kappa shape index (κ2) is 3.14. The molecule has 74 valence electrons. The Morgan fingerprint density at radius 1 is 1.69 bits per heavy atom. The lowest BCUT2D eigenvalue weighted by molar-refractivity contribution is -0.116. The highest BCUT2D eigenvalue weighted by Crippen LogP contribution is 2.45. The van der Waals surface area contributed by atoms with Crippen LogP contribution in [0.1, 0.15) is 8.35 Å². The van der Waals surface area contributed by atoms with Gasteiger partial charge in [-0.1, -0.05) is 13.5 Å². The molecule has 1 aliphatic carbocycles. The van der Waals surface area contributed by atoms with Crippen molar-refractivity contribution >= 4 is 5.91 Å². The van der Waals surface area contributed by atoms with E-state index >= 15 is 0 Å². The van der Waals surface area contributed by atoms with Crippen molar-refractivity contribution in [3.05, 3.63) is 12.7 Å². The Bertz CT molecular complexity index is 232. The molecule has 0 bridgehead atoms. The van der Waals surface area contributed by atoms with Gasteiger partial charge in [-0.25, -0.2) is 0 Å². The third-order valence-electron chi connectivity index (χ3n) is 3.21. The third-order valence-corrected chi connectivity index (χ3v) is 3.21. The van der Waals surface area contributed by atoms with E-state index < -0.39 is 0 Å². The first-order valence-electron chi connectivity index (χ1n) is 4.91. The third kappa shape index (κ3) is 1.48. The molecule has 1 heterocycles. The van der Waals surface area contributed by atoms with Crippen molar-refractivity contribution in [1.82, 2.24) is 10.2 Å². The zero-order valence-electron chi connectivity index (χ0n) is 7.99. The minimum absolute atomic E-state index is 0. The second-order valence-corrected chi connectivity index (χ2v) is 3.92. The molecule has 2 atom stereocenters. The van der Waals surface area contributed by atoms with E-state index in [0.29, 0.717) is 17.9 Å². The minimum Gasteiger partial charge on any atom is -0.349 e. The summed E-state index contributed by atoms with van der Waals surface area (Å²) in [6.07, 6.45) is 1.35. The highest BCUT2D eigenvalue weighted by molar-refractivity contribution is 5.87. The molecular weight excluding hydrogens is 164 g/mol. The highest BCUT2D eigenvalue weighted by Gasteiger charge is 2.55. The number of hydrogen-bond donors (Lipinski definition) is 1. The fourth-order valence-electron chi connectivity index (χ4n) is 2.31. The van der Waals surface area contributed by atoms with Gasteiger partial charge in [0, 0.05) is 20.6 Å². The maximum atomic E-state index is 11.0. The summed E-state index contributed by atoms with van der Waals surface area (Å²) in [6.45, 7) is 9.07. The van der Waals surface area contributed by atoms with E-state index in [0.717, 1.165) is 19.6 Å². The summed E-state index contributed by atoms with van der Waals surface area (Å²) in [5.74, 6) is 1.40. The van der Waals surface area contributed by atoms with Crippen LogP contribution < -0.4 is 5.32 Å². The van der Waals surface area contributed by atoms with Gasteiger partial charge >= 0.3 is 0 Å². The molecule has 0 aromatic heterocycles.